The Morgan fingerprint density at radius 1 is 1.00 bits per heavy atom. The van der Waals surface area contributed by atoms with E-state index in [1.54, 1.807) is 0 Å². The van der Waals surface area contributed by atoms with Crippen LogP contribution in [0.4, 0.5) is 37.7 Å². The van der Waals surface area contributed by atoms with Crippen molar-refractivity contribution in [2.45, 2.75) is 12.4 Å². The second-order valence-electron chi connectivity index (χ2n) is 6.28. The number of hydrogen-bond donors (Lipinski definition) is 2. The van der Waals surface area contributed by atoms with Crippen LogP contribution < -0.4 is 5.32 Å². The summed E-state index contributed by atoms with van der Waals surface area (Å²) in [5.74, 6) is -1.50. The first-order chi connectivity index (χ1) is 14.8. The van der Waals surface area contributed by atoms with Crippen LogP contribution in [-0.4, -0.2) is 25.7 Å². The van der Waals surface area contributed by atoms with Gasteiger partial charge in [-0.3, -0.25) is 14.9 Å². The number of aromatic hydroxyl groups is 1. The maximum atomic E-state index is 13.1. The van der Waals surface area contributed by atoms with Gasteiger partial charge in [0, 0.05) is 23.4 Å². The van der Waals surface area contributed by atoms with Crippen LogP contribution in [0.5, 0.6) is 5.75 Å². The summed E-state index contributed by atoms with van der Waals surface area (Å²) >= 11 is 0. The molecule has 2 N–H and O–H groups in total. The Bertz CT molecular complexity index is 1190. The molecule has 2 aromatic carbocycles. The maximum absolute atomic E-state index is 13.1. The molecule has 0 saturated carbocycles. The van der Waals surface area contributed by atoms with Crippen molar-refractivity contribution < 1.29 is 41.2 Å². The predicted molar refractivity (Wildman–Crippen MR) is 96.3 cm³/mol. The zero-order chi connectivity index (χ0) is 23.8. The van der Waals surface area contributed by atoms with Gasteiger partial charge in [0.25, 0.3) is 5.91 Å². The number of amides is 1. The van der Waals surface area contributed by atoms with Crippen molar-refractivity contribution in [3.63, 3.8) is 0 Å². The standard InChI is InChI=1S/C18H10F6N4O4/c19-17(20,21)14-8-15(18(22,23)24)27(26-14)11-4-2-10(3-5-11)25-16(30)9-1-6-13(29)12(7-9)28(31)32/h1-8,29H,(H,25,30). The van der Waals surface area contributed by atoms with E-state index in [4.69, 9.17) is 0 Å². The molecule has 168 valence electrons. The molecule has 0 bridgehead atoms. The third kappa shape index (κ3) is 4.63. The quantitative estimate of drug-likeness (QED) is 0.331. The van der Waals surface area contributed by atoms with Gasteiger partial charge in [0.1, 0.15) is 5.69 Å². The number of anilines is 1. The fraction of sp³-hybridized carbons (Fsp3) is 0.111. The number of rotatable bonds is 4. The van der Waals surface area contributed by atoms with Crippen molar-refractivity contribution in [2.75, 3.05) is 5.32 Å². The molecule has 0 unspecified atom stereocenters. The van der Waals surface area contributed by atoms with Gasteiger partial charge >= 0.3 is 18.0 Å². The lowest BCUT2D eigenvalue weighted by Crippen LogP contribution is -2.14. The van der Waals surface area contributed by atoms with Crippen LogP contribution in [0.1, 0.15) is 21.7 Å². The predicted octanol–water partition coefficient (Wildman–Crippen LogP) is 4.78. The van der Waals surface area contributed by atoms with Gasteiger partial charge in [-0.05, 0) is 36.4 Å². The van der Waals surface area contributed by atoms with E-state index in [0.717, 1.165) is 42.5 Å². The van der Waals surface area contributed by atoms with Crippen LogP contribution in [0.25, 0.3) is 5.69 Å². The van der Waals surface area contributed by atoms with Crippen molar-refractivity contribution >= 4 is 17.3 Å². The van der Waals surface area contributed by atoms with Crippen LogP contribution >= 0.6 is 0 Å². The van der Waals surface area contributed by atoms with Crippen LogP contribution in [0.15, 0.2) is 48.5 Å². The molecule has 1 amide bonds. The van der Waals surface area contributed by atoms with Crippen molar-refractivity contribution in [3.8, 4) is 11.4 Å². The number of halogens is 6. The van der Waals surface area contributed by atoms with E-state index in [1.165, 1.54) is 0 Å². The molecule has 3 aromatic rings. The molecule has 1 heterocycles. The number of carbonyl (C=O) groups is 1. The molecule has 0 saturated heterocycles. The van der Waals surface area contributed by atoms with Crippen LogP contribution in [0.3, 0.4) is 0 Å². The Morgan fingerprint density at radius 2 is 1.62 bits per heavy atom. The van der Waals surface area contributed by atoms with Gasteiger partial charge in [0.15, 0.2) is 11.4 Å². The van der Waals surface area contributed by atoms with Gasteiger partial charge in [0.2, 0.25) is 0 Å². The van der Waals surface area contributed by atoms with E-state index in [0.29, 0.717) is 0 Å². The number of aromatic nitrogens is 2. The second kappa shape index (κ2) is 7.86. The first-order valence-electron chi connectivity index (χ1n) is 8.41. The SMILES string of the molecule is O=C(Nc1ccc(-n2nc(C(F)(F)F)cc2C(F)(F)F)cc1)c1ccc(O)c([N+](=O)[O-])c1. The largest absolute Gasteiger partial charge is 0.502 e. The number of nitro benzene ring substituents is 1. The summed E-state index contributed by atoms with van der Waals surface area (Å²) in [6.45, 7) is 0. The summed E-state index contributed by atoms with van der Waals surface area (Å²) in [6.07, 6.45) is -10.2. The molecule has 1 aromatic heterocycles. The summed E-state index contributed by atoms with van der Waals surface area (Å²) in [4.78, 5) is 22.2. The molecule has 0 aliphatic heterocycles. The Balaban J connectivity index is 1.88. The lowest BCUT2D eigenvalue weighted by molar-refractivity contribution is -0.385. The maximum Gasteiger partial charge on any atom is 0.435 e. The highest BCUT2D eigenvalue weighted by Gasteiger charge is 2.42. The first kappa shape index (κ1) is 22.6. The summed E-state index contributed by atoms with van der Waals surface area (Å²) in [6, 6.07) is 6.95. The Morgan fingerprint density at radius 3 is 2.16 bits per heavy atom. The number of phenolic OH excluding ortho intramolecular Hbond substituents is 1. The van der Waals surface area contributed by atoms with E-state index in [1.807, 2.05) is 0 Å². The van der Waals surface area contributed by atoms with Crippen molar-refractivity contribution in [2.24, 2.45) is 0 Å². The van der Waals surface area contributed by atoms with Gasteiger partial charge in [-0.25, -0.2) is 4.68 Å². The number of hydrogen-bond acceptors (Lipinski definition) is 5. The summed E-state index contributed by atoms with van der Waals surface area (Å²) < 4.78 is 77.9. The highest BCUT2D eigenvalue weighted by molar-refractivity contribution is 6.04. The minimum Gasteiger partial charge on any atom is -0.502 e. The Labute approximate surface area is 173 Å². The second-order valence-corrected chi connectivity index (χ2v) is 6.28. The van der Waals surface area contributed by atoms with E-state index in [9.17, 15) is 46.4 Å². The lowest BCUT2D eigenvalue weighted by Gasteiger charge is -2.11. The summed E-state index contributed by atoms with van der Waals surface area (Å²) in [7, 11) is 0. The highest BCUT2D eigenvalue weighted by Crippen LogP contribution is 2.36. The number of nitrogens with one attached hydrogen (secondary N) is 1. The normalized spacial score (nSPS) is 11.9. The van der Waals surface area contributed by atoms with Gasteiger partial charge in [-0.15, -0.1) is 0 Å². The highest BCUT2D eigenvalue weighted by atomic mass is 19.4. The molecule has 3 rings (SSSR count). The molecular weight excluding hydrogens is 450 g/mol. The van der Waals surface area contributed by atoms with Crippen LogP contribution in [0, 0.1) is 10.1 Å². The zero-order valence-electron chi connectivity index (χ0n) is 15.4. The third-order valence-electron chi connectivity index (χ3n) is 4.09. The van der Waals surface area contributed by atoms with Gasteiger partial charge < -0.3 is 10.4 Å². The fourth-order valence-corrected chi connectivity index (χ4v) is 2.62. The van der Waals surface area contributed by atoms with Crippen LogP contribution in [0.2, 0.25) is 0 Å². The number of nitro groups is 1. The number of benzene rings is 2. The Kier molecular flexibility index (Phi) is 5.55. The minimum absolute atomic E-state index is 0.0336. The molecule has 0 spiro atoms. The molecule has 32 heavy (non-hydrogen) atoms. The molecule has 0 atom stereocenters. The lowest BCUT2D eigenvalue weighted by atomic mass is 10.1. The number of phenols is 1. The third-order valence-corrected chi connectivity index (χ3v) is 4.09. The molecule has 0 aliphatic carbocycles. The summed E-state index contributed by atoms with van der Waals surface area (Å²) in [5.41, 5.74) is -4.60. The number of alkyl halides is 6. The van der Waals surface area contributed by atoms with E-state index in [-0.39, 0.29) is 27.7 Å². The molecule has 0 radical (unpaired) electrons. The van der Waals surface area contributed by atoms with E-state index >= 15 is 0 Å². The summed E-state index contributed by atoms with van der Waals surface area (Å²) in [5, 5.41) is 25.6. The van der Waals surface area contributed by atoms with E-state index < -0.39 is 46.0 Å². The van der Waals surface area contributed by atoms with Gasteiger partial charge in [-0.1, -0.05) is 0 Å². The fourth-order valence-electron chi connectivity index (χ4n) is 2.62. The molecule has 0 aliphatic rings. The number of carbonyl (C=O) groups excluding carboxylic acids is 1. The Hall–Kier alpha value is -4.10. The van der Waals surface area contributed by atoms with Crippen molar-refractivity contribution in [3.05, 3.63) is 75.6 Å². The molecule has 14 heteroatoms. The van der Waals surface area contributed by atoms with Crippen molar-refractivity contribution in [1.82, 2.24) is 9.78 Å². The topological polar surface area (TPSA) is 110 Å². The molecule has 0 fully saturated rings. The zero-order valence-corrected chi connectivity index (χ0v) is 15.4. The van der Waals surface area contributed by atoms with E-state index in [2.05, 4.69) is 10.4 Å². The average molecular weight is 460 g/mol. The van der Waals surface area contributed by atoms with Gasteiger partial charge in [0.05, 0.1) is 10.6 Å². The molecule has 8 nitrogen and oxygen atoms in total. The van der Waals surface area contributed by atoms with Gasteiger partial charge in [-0.2, -0.15) is 31.4 Å². The molecular formula is C18H10F6N4O4. The monoisotopic (exact) mass is 460 g/mol. The first-order valence-corrected chi connectivity index (χ1v) is 8.41. The number of nitrogens with zero attached hydrogens (tertiary/aromatic N) is 3. The minimum atomic E-state index is -5.11. The van der Waals surface area contributed by atoms with Crippen LogP contribution in [-0.2, 0) is 12.4 Å². The van der Waals surface area contributed by atoms with Crippen molar-refractivity contribution in [1.29, 1.82) is 0 Å². The smallest absolute Gasteiger partial charge is 0.435 e. The average Bonchev–Trinajstić information content (AvgIpc) is 3.15.